The Morgan fingerprint density at radius 1 is 0.818 bits per heavy atom. The number of nitrogens with zero attached hydrogens (tertiary/aromatic N) is 2. The number of carbonyl (C=O) groups is 2. The first-order valence-electron chi connectivity index (χ1n) is 12.2. The maximum Gasteiger partial charge on any atom is 0.253 e. The number of hydrogen-bond acceptors (Lipinski definition) is 3. The summed E-state index contributed by atoms with van der Waals surface area (Å²) in [6.07, 6.45) is 4.51. The van der Waals surface area contributed by atoms with Gasteiger partial charge in [-0.25, -0.2) is 0 Å². The molecular weight excluding hydrogens is 410 g/mol. The lowest BCUT2D eigenvalue weighted by molar-refractivity contribution is 0.0772. The van der Waals surface area contributed by atoms with Gasteiger partial charge < -0.3 is 15.5 Å². The average Bonchev–Trinajstić information content (AvgIpc) is 2.85. The molecule has 1 fully saturated rings. The molecule has 2 aromatic carbocycles. The summed E-state index contributed by atoms with van der Waals surface area (Å²) in [4.78, 5) is 28.7. The third-order valence-electron chi connectivity index (χ3n) is 6.57. The first-order valence-corrected chi connectivity index (χ1v) is 12.2. The van der Waals surface area contributed by atoms with Crippen LogP contribution in [0.5, 0.6) is 0 Å². The van der Waals surface area contributed by atoms with Crippen LogP contribution in [0, 0.1) is 0 Å². The summed E-state index contributed by atoms with van der Waals surface area (Å²) < 4.78 is 0. The second-order valence-electron chi connectivity index (χ2n) is 8.67. The molecule has 1 heterocycles. The quantitative estimate of drug-likeness (QED) is 0.590. The van der Waals surface area contributed by atoms with Gasteiger partial charge in [-0.2, -0.15) is 0 Å². The summed E-state index contributed by atoms with van der Waals surface area (Å²) in [5, 5.41) is 0. The highest BCUT2D eigenvalue weighted by Crippen LogP contribution is 2.33. The van der Waals surface area contributed by atoms with Crippen LogP contribution in [0.25, 0.3) is 5.57 Å². The van der Waals surface area contributed by atoms with Crippen molar-refractivity contribution in [2.75, 3.05) is 32.7 Å². The van der Waals surface area contributed by atoms with E-state index in [1.165, 1.54) is 24.0 Å². The Balaban J connectivity index is 1.94. The molecule has 2 aromatic rings. The van der Waals surface area contributed by atoms with E-state index in [0.717, 1.165) is 43.6 Å². The summed E-state index contributed by atoms with van der Waals surface area (Å²) in [7, 11) is 0. The van der Waals surface area contributed by atoms with Crippen molar-refractivity contribution in [2.45, 2.75) is 46.5 Å². The van der Waals surface area contributed by atoms with Gasteiger partial charge >= 0.3 is 0 Å². The van der Waals surface area contributed by atoms with E-state index in [4.69, 9.17) is 5.73 Å². The fourth-order valence-corrected chi connectivity index (χ4v) is 4.53. The number of primary amides is 1. The molecule has 1 saturated heterocycles. The topological polar surface area (TPSA) is 66.6 Å². The van der Waals surface area contributed by atoms with Crippen LogP contribution in [0.15, 0.2) is 54.1 Å². The lowest BCUT2D eigenvalue weighted by Gasteiger charge is -2.30. The first kappa shape index (κ1) is 24.7. The molecule has 5 heteroatoms. The molecule has 33 heavy (non-hydrogen) atoms. The first-order chi connectivity index (χ1) is 16.0. The zero-order chi connectivity index (χ0) is 23.8. The maximum atomic E-state index is 12.7. The van der Waals surface area contributed by atoms with Gasteiger partial charge in [-0.05, 0) is 80.6 Å². The normalized spacial score (nSPS) is 14.2. The van der Waals surface area contributed by atoms with Gasteiger partial charge in [-0.3, -0.25) is 9.59 Å². The van der Waals surface area contributed by atoms with Crippen LogP contribution in [-0.2, 0) is 0 Å². The minimum absolute atomic E-state index is 0.0656. The fourth-order valence-electron chi connectivity index (χ4n) is 4.53. The molecular formula is C28H37N3O2. The summed E-state index contributed by atoms with van der Waals surface area (Å²) >= 11 is 0. The van der Waals surface area contributed by atoms with Gasteiger partial charge in [0.2, 0.25) is 5.91 Å². The SMILES string of the molecule is CCCCN1CCC(=C(c2ccc(C(N)=O)cc2)c2ccc(C(=O)N(CC)CC)cc2)CC1. The zero-order valence-corrected chi connectivity index (χ0v) is 20.3. The monoisotopic (exact) mass is 447 g/mol. The summed E-state index contributed by atoms with van der Waals surface area (Å²) in [5.74, 6) is -0.352. The molecule has 0 atom stereocenters. The molecule has 0 aliphatic carbocycles. The van der Waals surface area contributed by atoms with E-state index in [-0.39, 0.29) is 5.91 Å². The lowest BCUT2D eigenvalue weighted by Crippen LogP contribution is -2.32. The standard InChI is InChI=1S/C28H37N3O2/c1-4-7-18-30-19-16-23(17-20-30)26(21-8-12-24(13-9-21)27(29)32)22-10-14-25(15-11-22)28(33)31(5-2)6-3/h8-15H,4-7,16-20H2,1-3H3,(H2,29,32). The van der Waals surface area contributed by atoms with Gasteiger partial charge in [0.05, 0.1) is 0 Å². The van der Waals surface area contributed by atoms with Crippen LogP contribution in [0.3, 0.4) is 0 Å². The number of nitrogens with two attached hydrogens (primary N) is 1. The predicted octanol–water partition coefficient (Wildman–Crippen LogP) is 4.97. The Labute approximate surface area is 198 Å². The number of rotatable bonds is 9. The number of amides is 2. The number of piperidine rings is 1. The van der Waals surface area contributed by atoms with E-state index in [2.05, 4.69) is 24.0 Å². The van der Waals surface area contributed by atoms with Crippen LogP contribution in [0.4, 0.5) is 0 Å². The molecule has 2 N–H and O–H groups in total. The van der Waals surface area contributed by atoms with Crippen molar-refractivity contribution in [3.05, 3.63) is 76.4 Å². The molecule has 0 radical (unpaired) electrons. The van der Waals surface area contributed by atoms with Gasteiger partial charge in [0.25, 0.3) is 5.91 Å². The Kier molecular flexibility index (Phi) is 8.84. The minimum atomic E-state index is -0.417. The highest BCUT2D eigenvalue weighted by atomic mass is 16.2. The highest BCUT2D eigenvalue weighted by molar-refractivity contribution is 5.95. The van der Waals surface area contributed by atoms with E-state index in [1.54, 1.807) is 12.1 Å². The molecule has 0 unspecified atom stereocenters. The molecule has 2 amide bonds. The van der Waals surface area contributed by atoms with Crippen molar-refractivity contribution in [2.24, 2.45) is 5.73 Å². The molecule has 0 bridgehead atoms. The smallest absolute Gasteiger partial charge is 0.253 e. The zero-order valence-electron chi connectivity index (χ0n) is 20.3. The summed E-state index contributed by atoms with van der Waals surface area (Å²) in [6, 6.07) is 15.6. The molecule has 1 aliphatic heterocycles. The fraction of sp³-hybridized carbons (Fsp3) is 0.429. The average molecular weight is 448 g/mol. The molecule has 1 aliphatic rings. The third kappa shape index (κ3) is 6.11. The highest BCUT2D eigenvalue weighted by Gasteiger charge is 2.20. The molecule has 0 spiro atoms. The van der Waals surface area contributed by atoms with Crippen molar-refractivity contribution < 1.29 is 9.59 Å². The summed E-state index contributed by atoms with van der Waals surface area (Å²) in [5.41, 5.74) is 11.5. The summed E-state index contributed by atoms with van der Waals surface area (Å²) in [6.45, 7) is 10.9. The number of benzene rings is 2. The van der Waals surface area contributed by atoms with Crippen LogP contribution in [-0.4, -0.2) is 54.3 Å². The molecule has 3 rings (SSSR count). The minimum Gasteiger partial charge on any atom is -0.366 e. The van der Waals surface area contributed by atoms with Crippen LogP contribution in [0.2, 0.25) is 0 Å². The van der Waals surface area contributed by atoms with Crippen molar-refractivity contribution in [3.63, 3.8) is 0 Å². The molecule has 176 valence electrons. The van der Waals surface area contributed by atoms with Crippen LogP contribution in [0.1, 0.15) is 78.3 Å². The van der Waals surface area contributed by atoms with Gasteiger partial charge in [0, 0.05) is 37.3 Å². The van der Waals surface area contributed by atoms with E-state index in [1.807, 2.05) is 43.0 Å². The van der Waals surface area contributed by atoms with Gasteiger partial charge in [0.15, 0.2) is 0 Å². The molecule has 0 aromatic heterocycles. The van der Waals surface area contributed by atoms with Crippen LogP contribution >= 0.6 is 0 Å². The third-order valence-corrected chi connectivity index (χ3v) is 6.57. The van der Waals surface area contributed by atoms with E-state index < -0.39 is 5.91 Å². The number of hydrogen-bond donors (Lipinski definition) is 1. The van der Waals surface area contributed by atoms with Gasteiger partial charge in [-0.15, -0.1) is 0 Å². The van der Waals surface area contributed by atoms with Crippen molar-refractivity contribution in [1.82, 2.24) is 9.80 Å². The Bertz CT molecular complexity index is 963. The second kappa shape index (κ2) is 11.8. The van der Waals surface area contributed by atoms with Crippen molar-refractivity contribution in [3.8, 4) is 0 Å². The Morgan fingerprint density at radius 2 is 1.30 bits per heavy atom. The Hall–Kier alpha value is -2.92. The Morgan fingerprint density at radius 3 is 1.76 bits per heavy atom. The van der Waals surface area contributed by atoms with E-state index in [9.17, 15) is 9.59 Å². The number of unbranched alkanes of at least 4 members (excludes halogenated alkanes) is 1. The largest absolute Gasteiger partial charge is 0.366 e. The maximum absolute atomic E-state index is 12.7. The second-order valence-corrected chi connectivity index (χ2v) is 8.67. The van der Waals surface area contributed by atoms with Gasteiger partial charge in [0.1, 0.15) is 0 Å². The molecule has 5 nitrogen and oxygen atoms in total. The predicted molar refractivity (Wildman–Crippen MR) is 135 cm³/mol. The number of carbonyl (C=O) groups excluding carboxylic acids is 2. The van der Waals surface area contributed by atoms with E-state index in [0.29, 0.717) is 24.2 Å². The van der Waals surface area contributed by atoms with Crippen molar-refractivity contribution in [1.29, 1.82) is 0 Å². The van der Waals surface area contributed by atoms with Gasteiger partial charge in [-0.1, -0.05) is 43.2 Å². The molecule has 0 saturated carbocycles. The van der Waals surface area contributed by atoms with E-state index >= 15 is 0 Å². The number of likely N-dealkylation sites (tertiary alicyclic amines) is 1. The van der Waals surface area contributed by atoms with Crippen LogP contribution < -0.4 is 5.73 Å². The van der Waals surface area contributed by atoms with Crippen molar-refractivity contribution >= 4 is 17.4 Å². The lowest BCUT2D eigenvalue weighted by atomic mass is 9.87.